The van der Waals surface area contributed by atoms with E-state index in [1.54, 1.807) is 0 Å². The second-order valence-electron chi connectivity index (χ2n) is 5.20. The number of nitrogens with one attached hydrogen (secondary N) is 1. The summed E-state index contributed by atoms with van der Waals surface area (Å²) >= 11 is 0. The van der Waals surface area contributed by atoms with Crippen molar-refractivity contribution in [3.05, 3.63) is 35.9 Å². The van der Waals surface area contributed by atoms with Crippen LogP contribution in [0.1, 0.15) is 18.4 Å². The minimum Gasteiger partial charge on any atom is -0.356 e. The smallest absolute Gasteiger partial charge is 0.231 e. The van der Waals surface area contributed by atoms with Gasteiger partial charge in [0.15, 0.2) is 0 Å². The predicted octanol–water partition coefficient (Wildman–Crippen LogP) is 0.925. The molecule has 18 heavy (non-hydrogen) atoms. The first kappa shape index (κ1) is 11.3. The van der Waals surface area contributed by atoms with Gasteiger partial charge >= 0.3 is 0 Å². The number of hydrogen-bond donors (Lipinski definition) is 1. The van der Waals surface area contributed by atoms with Crippen LogP contribution in [0.4, 0.5) is 0 Å². The molecule has 3 rings (SSSR count). The van der Waals surface area contributed by atoms with Crippen LogP contribution in [0.5, 0.6) is 0 Å². The Hall–Kier alpha value is -1.84. The quantitative estimate of drug-likeness (QED) is 0.787. The highest BCUT2D eigenvalue weighted by atomic mass is 16.2. The van der Waals surface area contributed by atoms with Gasteiger partial charge in [-0.25, -0.2) is 0 Å². The summed E-state index contributed by atoms with van der Waals surface area (Å²) in [7, 11) is 0. The lowest BCUT2D eigenvalue weighted by Gasteiger charge is -2.50. The van der Waals surface area contributed by atoms with Crippen molar-refractivity contribution in [2.45, 2.75) is 19.4 Å². The molecule has 4 heteroatoms. The highest BCUT2D eigenvalue weighted by Gasteiger charge is 2.53. The van der Waals surface area contributed by atoms with Gasteiger partial charge in [-0.1, -0.05) is 30.3 Å². The number of nitrogens with zero attached hydrogens (tertiary/aromatic N) is 1. The third-order valence-electron chi connectivity index (χ3n) is 3.88. The molecule has 2 fully saturated rings. The third kappa shape index (κ3) is 1.78. The van der Waals surface area contributed by atoms with Gasteiger partial charge in [-0.15, -0.1) is 0 Å². The lowest BCUT2D eigenvalue weighted by atomic mass is 9.71. The van der Waals surface area contributed by atoms with Gasteiger partial charge in [0.2, 0.25) is 11.8 Å². The van der Waals surface area contributed by atoms with E-state index in [9.17, 15) is 9.59 Å². The molecule has 0 aliphatic carbocycles. The Balaban J connectivity index is 1.66. The van der Waals surface area contributed by atoms with Gasteiger partial charge in [0, 0.05) is 26.1 Å². The second-order valence-corrected chi connectivity index (χ2v) is 5.20. The van der Waals surface area contributed by atoms with Gasteiger partial charge in [0.1, 0.15) is 0 Å². The number of hydrogen-bond acceptors (Lipinski definition) is 2. The van der Waals surface area contributed by atoms with Crippen molar-refractivity contribution in [1.29, 1.82) is 0 Å². The first-order valence-electron chi connectivity index (χ1n) is 6.30. The largest absolute Gasteiger partial charge is 0.356 e. The maximum atomic E-state index is 12.2. The number of β-lactam (4-membered cyclic amide) rings is 1. The molecule has 1 atom stereocenters. The Morgan fingerprint density at radius 2 is 2.00 bits per heavy atom. The zero-order valence-electron chi connectivity index (χ0n) is 10.2. The molecule has 1 aromatic carbocycles. The molecule has 1 N–H and O–H groups in total. The van der Waals surface area contributed by atoms with Gasteiger partial charge in [0.05, 0.1) is 5.41 Å². The van der Waals surface area contributed by atoms with Crippen molar-refractivity contribution in [2.24, 2.45) is 5.41 Å². The molecule has 1 unspecified atom stereocenters. The van der Waals surface area contributed by atoms with Gasteiger partial charge < -0.3 is 10.2 Å². The summed E-state index contributed by atoms with van der Waals surface area (Å²) in [5.74, 6) is 0.148. The Morgan fingerprint density at radius 3 is 2.67 bits per heavy atom. The fourth-order valence-electron chi connectivity index (χ4n) is 2.90. The van der Waals surface area contributed by atoms with Crippen LogP contribution in [0.15, 0.2) is 30.3 Å². The molecule has 1 spiro atoms. The van der Waals surface area contributed by atoms with E-state index in [0.29, 0.717) is 26.1 Å². The zero-order chi connectivity index (χ0) is 12.6. The van der Waals surface area contributed by atoms with E-state index in [2.05, 4.69) is 5.32 Å². The van der Waals surface area contributed by atoms with Crippen molar-refractivity contribution in [3.63, 3.8) is 0 Å². The van der Waals surface area contributed by atoms with E-state index in [-0.39, 0.29) is 11.8 Å². The van der Waals surface area contributed by atoms with Gasteiger partial charge in [-0.2, -0.15) is 0 Å². The fraction of sp³-hybridized carbons (Fsp3) is 0.429. The van der Waals surface area contributed by atoms with Crippen molar-refractivity contribution >= 4 is 11.8 Å². The van der Waals surface area contributed by atoms with Crippen molar-refractivity contribution in [3.8, 4) is 0 Å². The second kappa shape index (κ2) is 4.12. The minimum absolute atomic E-state index is 0.00830. The minimum atomic E-state index is -0.392. The van der Waals surface area contributed by atoms with Crippen LogP contribution in [0, 0.1) is 5.41 Å². The van der Waals surface area contributed by atoms with Crippen LogP contribution in [-0.2, 0) is 16.1 Å². The predicted molar refractivity (Wildman–Crippen MR) is 66.5 cm³/mol. The molecule has 94 valence electrons. The molecule has 2 saturated heterocycles. The molecule has 2 heterocycles. The summed E-state index contributed by atoms with van der Waals surface area (Å²) in [6, 6.07) is 9.96. The maximum absolute atomic E-state index is 12.2. The zero-order valence-corrected chi connectivity index (χ0v) is 10.2. The van der Waals surface area contributed by atoms with Crippen LogP contribution in [-0.4, -0.2) is 29.8 Å². The Bertz CT molecular complexity index is 486. The number of piperidine rings is 1. The molecule has 0 radical (unpaired) electrons. The summed E-state index contributed by atoms with van der Waals surface area (Å²) in [5, 5.41) is 2.78. The van der Waals surface area contributed by atoms with Gasteiger partial charge in [-0.3, -0.25) is 9.59 Å². The molecule has 1 aromatic rings. The number of carbonyl (C=O) groups excluding carboxylic acids is 2. The molecule has 0 aromatic heterocycles. The third-order valence-corrected chi connectivity index (χ3v) is 3.88. The highest BCUT2D eigenvalue weighted by molar-refractivity contribution is 5.94. The van der Waals surface area contributed by atoms with Crippen molar-refractivity contribution < 1.29 is 9.59 Å². The molecule has 2 aliphatic heterocycles. The topological polar surface area (TPSA) is 49.4 Å². The normalized spacial score (nSPS) is 27.0. The summed E-state index contributed by atoms with van der Waals surface area (Å²) in [4.78, 5) is 25.5. The first-order valence-corrected chi connectivity index (χ1v) is 6.30. The van der Waals surface area contributed by atoms with Crippen LogP contribution >= 0.6 is 0 Å². The fourth-order valence-corrected chi connectivity index (χ4v) is 2.90. The van der Waals surface area contributed by atoms with E-state index >= 15 is 0 Å². The van der Waals surface area contributed by atoms with E-state index in [4.69, 9.17) is 0 Å². The Labute approximate surface area is 106 Å². The molecule has 2 aliphatic rings. The maximum Gasteiger partial charge on any atom is 0.231 e. The van der Waals surface area contributed by atoms with E-state index in [1.165, 1.54) is 0 Å². The number of amides is 2. The highest BCUT2D eigenvalue weighted by Crippen LogP contribution is 2.41. The van der Waals surface area contributed by atoms with Crippen molar-refractivity contribution in [1.82, 2.24) is 10.2 Å². The van der Waals surface area contributed by atoms with Gasteiger partial charge in [0.25, 0.3) is 0 Å². The van der Waals surface area contributed by atoms with Crippen LogP contribution in [0.2, 0.25) is 0 Å². The summed E-state index contributed by atoms with van der Waals surface area (Å²) in [6.45, 7) is 2.00. The van der Waals surface area contributed by atoms with Crippen LogP contribution in [0.25, 0.3) is 0 Å². The summed E-state index contributed by atoms with van der Waals surface area (Å²) in [5.41, 5.74) is 0.748. The Kier molecular flexibility index (Phi) is 2.58. The number of carbonyl (C=O) groups is 2. The average molecular weight is 244 g/mol. The van der Waals surface area contributed by atoms with Crippen LogP contribution < -0.4 is 5.32 Å². The van der Waals surface area contributed by atoms with Gasteiger partial charge in [-0.05, 0) is 12.0 Å². The first-order chi connectivity index (χ1) is 8.70. The standard InChI is InChI=1S/C14H16N2O2/c17-12-8-14(6-7-15-12)10-16(13(14)18)9-11-4-2-1-3-5-11/h1-5H,6-10H2,(H,15,17). The molecule has 4 nitrogen and oxygen atoms in total. The Morgan fingerprint density at radius 1 is 1.22 bits per heavy atom. The summed E-state index contributed by atoms with van der Waals surface area (Å²) in [6.07, 6.45) is 1.14. The molecule has 0 saturated carbocycles. The lowest BCUT2D eigenvalue weighted by molar-refractivity contribution is -0.167. The summed E-state index contributed by atoms with van der Waals surface area (Å²) < 4.78 is 0. The number of rotatable bonds is 2. The number of likely N-dealkylation sites (tertiary alicyclic amines) is 1. The monoisotopic (exact) mass is 244 g/mol. The van der Waals surface area contributed by atoms with E-state index in [1.807, 2.05) is 35.2 Å². The lowest BCUT2D eigenvalue weighted by Crippen LogP contribution is -2.64. The SMILES string of the molecule is O=C1CC2(CCN1)CN(Cc1ccccc1)C2=O. The molecular weight excluding hydrogens is 228 g/mol. The van der Waals surface area contributed by atoms with Crippen molar-refractivity contribution in [2.75, 3.05) is 13.1 Å². The van der Waals surface area contributed by atoms with E-state index < -0.39 is 5.41 Å². The molecular formula is C14H16N2O2. The molecule has 2 amide bonds. The number of benzene rings is 1. The average Bonchev–Trinajstić information content (AvgIpc) is 2.39. The molecule has 0 bridgehead atoms. The van der Waals surface area contributed by atoms with E-state index in [0.717, 1.165) is 12.0 Å². The van der Waals surface area contributed by atoms with Crippen LogP contribution in [0.3, 0.4) is 0 Å².